The molecule has 0 radical (unpaired) electrons. The fraction of sp³-hybridized carbons (Fsp3) is 0.474. The Labute approximate surface area is 141 Å². The largest absolute Gasteiger partial charge is 0.484 e. The van der Waals surface area contributed by atoms with Gasteiger partial charge in [-0.1, -0.05) is 6.07 Å². The first-order valence-corrected chi connectivity index (χ1v) is 8.48. The molecule has 0 amide bonds. The van der Waals surface area contributed by atoms with Gasteiger partial charge in [-0.05, 0) is 62.8 Å². The normalized spacial score (nSPS) is 18.9. The van der Waals surface area contributed by atoms with Gasteiger partial charge in [0.15, 0.2) is 6.10 Å². The van der Waals surface area contributed by atoms with Gasteiger partial charge in [-0.25, -0.2) is 0 Å². The third-order valence-electron chi connectivity index (χ3n) is 5.00. The van der Waals surface area contributed by atoms with Crippen LogP contribution in [0, 0.1) is 6.92 Å². The molecule has 0 unspecified atom stereocenters. The zero-order valence-corrected chi connectivity index (χ0v) is 14.3. The third kappa shape index (κ3) is 2.58. The van der Waals surface area contributed by atoms with E-state index in [0.717, 1.165) is 17.7 Å². The number of hydrogen-bond donors (Lipinski definition) is 0. The lowest BCUT2D eigenvalue weighted by Gasteiger charge is -2.32. The summed E-state index contributed by atoms with van der Waals surface area (Å²) in [4.78, 5) is 15.3. The second-order valence-corrected chi connectivity index (χ2v) is 7.25. The van der Waals surface area contributed by atoms with Crippen molar-refractivity contribution in [1.29, 1.82) is 0 Å². The highest BCUT2D eigenvalue weighted by atomic mass is 16.6. The van der Waals surface area contributed by atoms with E-state index < -0.39 is 5.60 Å². The van der Waals surface area contributed by atoms with Gasteiger partial charge >= 0.3 is 0 Å². The van der Waals surface area contributed by atoms with Gasteiger partial charge < -0.3 is 9.47 Å². The van der Waals surface area contributed by atoms with Crippen LogP contribution < -0.4 is 15.0 Å². The summed E-state index contributed by atoms with van der Waals surface area (Å²) < 4.78 is 14.1. The molecule has 1 aliphatic carbocycles. The topological polar surface area (TPSA) is 53.4 Å². The molecule has 4 rings (SSSR count). The highest BCUT2D eigenvalue weighted by molar-refractivity contribution is 5.44. The lowest BCUT2D eigenvalue weighted by atomic mass is 10.0. The lowest BCUT2D eigenvalue weighted by Crippen LogP contribution is -2.45. The van der Waals surface area contributed by atoms with E-state index in [1.165, 1.54) is 30.0 Å². The second-order valence-electron chi connectivity index (χ2n) is 7.25. The van der Waals surface area contributed by atoms with Crippen LogP contribution in [-0.4, -0.2) is 21.3 Å². The van der Waals surface area contributed by atoms with Crippen LogP contribution >= 0.6 is 0 Å². The highest BCUT2D eigenvalue weighted by Gasteiger charge is 2.39. The van der Waals surface area contributed by atoms with Gasteiger partial charge in [0.2, 0.25) is 0 Å². The van der Waals surface area contributed by atoms with Crippen molar-refractivity contribution in [3.8, 4) is 11.8 Å². The van der Waals surface area contributed by atoms with Gasteiger partial charge in [-0.15, -0.1) is 0 Å². The summed E-state index contributed by atoms with van der Waals surface area (Å²) >= 11 is 0. The van der Waals surface area contributed by atoms with Crippen LogP contribution in [0.15, 0.2) is 29.2 Å². The Balaban J connectivity index is 1.57. The number of ether oxygens (including phenoxy) is 2. The van der Waals surface area contributed by atoms with Gasteiger partial charge in [0.05, 0.1) is 6.54 Å². The minimum atomic E-state index is -0.533. The predicted molar refractivity (Wildman–Crippen MR) is 90.8 cm³/mol. The van der Waals surface area contributed by atoms with Gasteiger partial charge in [-0.3, -0.25) is 9.36 Å². The predicted octanol–water partition coefficient (Wildman–Crippen LogP) is 2.66. The van der Waals surface area contributed by atoms with Crippen molar-refractivity contribution >= 4 is 0 Å². The van der Waals surface area contributed by atoms with Crippen LogP contribution in [-0.2, 0) is 19.4 Å². The lowest BCUT2D eigenvalue weighted by molar-refractivity contribution is -0.00508. The Morgan fingerprint density at radius 3 is 2.83 bits per heavy atom. The molecule has 2 aliphatic rings. The monoisotopic (exact) mass is 326 g/mol. The maximum Gasteiger partial charge on any atom is 0.300 e. The number of aryl methyl sites for hydroxylation is 3. The molecule has 0 N–H and O–H groups in total. The molecular weight excluding hydrogens is 304 g/mol. The van der Waals surface area contributed by atoms with Crippen LogP contribution in [0.4, 0.5) is 0 Å². The summed E-state index contributed by atoms with van der Waals surface area (Å²) in [5.41, 5.74) is 3.19. The summed E-state index contributed by atoms with van der Waals surface area (Å²) in [5.74, 6) is 0.919. The molecule has 5 nitrogen and oxygen atoms in total. The molecule has 1 aliphatic heterocycles. The zero-order valence-electron chi connectivity index (χ0n) is 14.3. The third-order valence-corrected chi connectivity index (χ3v) is 5.00. The first kappa shape index (κ1) is 15.2. The minimum Gasteiger partial charge on any atom is -0.484 e. The number of aromatic nitrogens is 2. The summed E-state index contributed by atoms with van der Waals surface area (Å²) in [7, 11) is 0. The fourth-order valence-corrected chi connectivity index (χ4v) is 3.53. The standard InChI is InChI=1S/C19H22N2O3/c1-12-9-13-5-4-6-14(13)10-15(12)24-19(2,3)16-11-21-8-7-17(22)20-18(21)23-16/h7-10,16H,4-6,11H2,1-3H3/t16-/m0/s1. The smallest absolute Gasteiger partial charge is 0.300 e. The van der Waals surface area contributed by atoms with Crippen LogP contribution in [0.1, 0.15) is 37.0 Å². The van der Waals surface area contributed by atoms with Crippen LogP contribution in [0.25, 0.3) is 0 Å². The molecule has 2 aromatic rings. The molecule has 0 bridgehead atoms. The molecule has 1 aromatic carbocycles. The number of fused-ring (bicyclic) bond motifs is 2. The molecule has 2 heterocycles. The van der Waals surface area contributed by atoms with E-state index in [1.807, 2.05) is 18.4 Å². The van der Waals surface area contributed by atoms with E-state index in [9.17, 15) is 4.79 Å². The van der Waals surface area contributed by atoms with Crippen LogP contribution in [0.3, 0.4) is 0 Å². The van der Waals surface area contributed by atoms with Crippen molar-refractivity contribution in [3.05, 3.63) is 51.4 Å². The Hall–Kier alpha value is -2.30. The quantitative estimate of drug-likeness (QED) is 0.870. The molecule has 0 fully saturated rings. The maximum absolute atomic E-state index is 11.4. The van der Waals surface area contributed by atoms with E-state index in [0.29, 0.717) is 12.6 Å². The second kappa shape index (κ2) is 5.36. The molecule has 126 valence electrons. The molecule has 1 atom stereocenters. The Morgan fingerprint density at radius 2 is 2.04 bits per heavy atom. The van der Waals surface area contributed by atoms with Crippen molar-refractivity contribution in [2.75, 3.05) is 0 Å². The first-order valence-electron chi connectivity index (χ1n) is 8.48. The molecule has 24 heavy (non-hydrogen) atoms. The number of hydrogen-bond acceptors (Lipinski definition) is 4. The molecule has 1 aromatic heterocycles. The molecule has 0 saturated heterocycles. The van der Waals surface area contributed by atoms with Gasteiger partial charge in [0.1, 0.15) is 11.4 Å². The Morgan fingerprint density at radius 1 is 1.29 bits per heavy atom. The van der Waals surface area contributed by atoms with Gasteiger partial charge in [-0.2, -0.15) is 4.98 Å². The van der Waals surface area contributed by atoms with Gasteiger partial charge in [0.25, 0.3) is 11.6 Å². The van der Waals surface area contributed by atoms with Crippen molar-refractivity contribution < 1.29 is 9.47 Å². The van der Waals surface area contributed by atoms with Crippen molar-refractivity contribution in [2.45, 2.75) is 58.3 Å². The SMILES string of the molecule is Cc1cc2c(cc1OC(C)(C)[C@@H]1Cn3ccc(=O)nc3O1)CCC2. The maximum atomic E-state index is 11.4. The molecular formula is C19H22N2O3. The molecule has 0 spiro atoms. The van der Waals surface area contributed by atoms with E-state index in [2.05, 4.69) is 24.0 Å². The van der Waals surface area contributed by atoms with Gasteiger partial charge in [0, 0.05) is 12.3 Å². The average molecular weight is 326 g/mol. The average Bonchev–Trinajstić information content (AvgIpc) is 3.13. The highest BCUT2D eigenvalue weighted by Crippen LogP contribution is 2.34. The number of rotatable bonds is 3. The summed E-state index contributed by atoms with van der Waals surface area (Å²) in [6.45, 7) is 6.76. The zero-order chi connectivity index (χ0) is 16.9. The summed E-state index contributed by atoms with van der Waals surface area (Å²) in [5, 5.41) is 0. The van der Waals surface area contributed by atoms with Crippen LogP contribution in [0.5, 0.6) is 11.8 Å². The van der Waals surface area contributed by atoms with E-state index in [-0.39, 0.29) is 11.7 Å². The van der Waals surface area contributed by atoms with Crippen LogP contribution in [0.2, 0.25) is 0 Å². The number of nitrogens with zero attached hydrogens (tertiary/aromatic N) is 2. The number of benzene rings is 1. The Bertz CT molecular complexity index is 854. The molecule has 5 heteroatoms. The first-order chi connectivity index (χ1) is 11.4. The molecule has 0 saturated carbocycles. The van der Waals surface area contributed by atoms with Crippen molar-refractivity contribution in [3.63, 3.8) is 0 Å². The van der Waals surface area contributed by atoms with Crippen molar-refractivity contribution in [1.82, 2.24) is 9.55 Å². The minimum absolute atomic E-state index is 0.195. The summed E-state index contributed by atoms with van der Waals surface area (Å²) in [6, 6.07) is 6.25. The van der Waals surface area contributed by atoms with E-state index >= 15 is 0 Å². The van der Waals surface area contributed by atoms with Crippen molar-refractivity contribution in [2.24, 2.45) is 0 Å². The Kier molecular flexibility index (Phi) is 3.41. The summed E-state index contributed by atoms with van der Waals surface area (Å²) in [6.07, 6.45) is 5.05. The fourth-order valence-electron chi connectivity index (χ4n) is 3.53. The van der Waals surface area contributed by atoms with E-state index in [1.54, 1.807) is 6.20 Å². The van der Waals surface area contributed by atoms with E-state index in [4.69, 9.17) is 9.47 Å².